The first kappa shape index (κ1) is 24.4. The molecule has 0 aromatic heterocycles. The zero-order valence-corrected chi connectivity index (χ0v) is 19.6. The molecule has 0 saturated heterocycles. The van der Waals surface area contributed by atoms with Gasteiger partial charge in [0.2, 0.25) is 0 Å². The van der Waals surface area contributed by atoms with E-state index in [4.69, 9.17) is 18.9 Å². The number of carbonyl (C=O) groups is 2. The molecular formula is C27H32O6. The number of hydrogen-bond donors (Lipinski definition) is 0. The SMILES string of the molecule is CCCCCc1ccc2c(OCC(=O)OCC)c3ccccc3c(OCC(=O)OCC)c2c1. The lowest BCUT2D eigenvalue weighted by molar-refractivity contribution is -0.146. The van der Waals surface area contributed by atoms with Gasteiger partial charge in [-0.1, -0.05) is 56.2 Å². The highest BCUT2D eigenvalue weighted by Crippen LogP contribution is 2.43. The smallest absolute Gasteiger partial charge is 0.344 e. The van der Waals surface area contributed by atoms with Crippen LogP contribution in [-0.2, 0) is 25.5 Å². The first-order valence-corrected chi connectivity index (χ1v) is 11.6. The normalized spacial score (nSPS) is 10.9. The highest BCUT2D eigenvalue weighted by Gasteiger charge is 2.19. The lowest BCUT2D eigenvalue weighted by Crippen LogP contribution is -2.16. The van der Waals surface area contributed by atoms with Gasteiger partial charge < -0.3 is 18.9 Å². The summed E-state index contributed by atoms with van der Waals surface area (Å²) >= 11 is 0. The highest BCUT2D eigenvalue weighted by molar-refractivity contribution is 6.11. The van der Waals surface area contributed by atoms with Crippen molar-refractivity contribution in [1.29, 1.82) is 0 Å². The molecule has 0 aliphatic rings. The molecule has 0 atom stereocenters. The van der Waals surface area contributed by atoms with Gasteiger partial charge in [0.15, 0.2) is 13.2 Å². The summed E-state index contributed by atoms with van der Waals surface area (Å²) in [6.07, 6.45) is 4.36. The Kier molecular flexibility index (Phi) is 8.93. The van der Waals surface area contributed by atoms with Gasteiger partial charge in [0.05, 0.1) is 13.2 Å². The van der Waals surface area contributed by atoms with E-state index in [-0.39, 0.29) is 13.2 Å². The van der Waals surface area contributed by atoms with Crippen molar-refractivity contribution in [1.82, 2.24) is 0 Å². The van der Waals surface area contributed by atoms with Crippen molar-refractivity contribution in [3.8, 4) is 11.5 Å². The topological polar surface area (TPSA) is 71.1 Å². The minimum Gasteiger partial charge on any atom is -0.481 e. The van der Waals surface area contributed by atoms with Crippen LogP contribution < -0.4 is 9.47 Å². The number of benzene rings is 3. The van der Waals surface area contributed by atoms with Crippen molar-refractivity contribution in [2.45, 2.75) is 46.5 Å². The maximum Gasteiger partial charge on any atom is 0.344 e. The summed E-state index contributed by atoms with van der Waals surface area (Å²) in [7, 11) is 0. The zero-order chi connectivity index (χ0) is 23.6. The predicted octanol–water partition coefficient (Wildman–Crippen LogP) is 5.61. The van der Waals surface area contributed by atoms with E-state index in [0.29, 0.717) is 24.7 Å². The van der Waals surface area contributed by atoms with Crippen molar-refractivity contribution in [3.63, 3.8) is 0 Å². The maximum absolute atomic E-state index is 12.0. The van der Waals surface area contributed by atoms with Gasteiger partial charge in [0.1, 0.15) is 11.5 Å². The summed E-state index contributed by atoms with van der Waals surface area (Å²) < 4.78 is 22.1. The van der Waals surface area contributed by atoms with Gasteiger partial charge in [-0.25, -0.2) is 9.59 Å². The molecule has 0 amide bonds. The van der Waals surface area contributed by atoms with E-state index < -0.39 is 11.9 Å². The quantitative estimate of drug-likeness (QED) is 0.202. The molecule has 3 aromatic rings. The maximum atomic E-state index is 12.0. The van der Waals surface area contributed by atoms with Crippen LogP contribution in [0.3, 0.4) is 0 Å². The van der Waals surface area contributed by atoms with E-state index in [1.54, 1.807) is 13.8 Å². The summed E-state index contributed by atoms with van der Waals surface area (Å²) in [6, 6.07) is 13.8. The van der Waals surface area contributed by atoms with E-state index in [9.17, 15) is 9.59 Å². The van der Waals surface area contributed by atoms with Crippen molar-refractivity contribution in [3.05, 3.63) is 48.0 Å². The Morgan fingerprint density at radius 1 is 0.697 bits per heavy atom. The predicted molar refractivity (Wildman–Crippen MR) is 129 cm³/mol. The van der Waals surface area contributed by atoms with Crippen molar-refractivity contribution in [2.75, 3.05) is 26.4 Å². The molecule has 0 bridgehead atoms. The third kappa shape index (κ3) is 6.15. The molecule has 6 nitrogen and oxygen atoms in total. The average molecular weight is 453 g/mol. The standard InChI is InChI=1S/C27H32O6/c1-4-7-8-11-19-14-15-22-23(16-19)27(33-18-25(29)31-6-3)21-13-10-9-12-20(21)26(22)32-17-24(28)30-5-2/h9-10,12-16H,4-8,11,17-18H2,1-3H3. The first-order chi connectivity index (χ1) is 16.1. The van der Waals surface area contributed by atoms with E-state index >= 15 is 0 Å². The zero-order valence-electron chi connectivity index (χ0n) is 19.6. The van der Waals surface area contributed by atoms with Crippen LogP contribution in [0.25, 0.3) is 21.5 Å². The van der Waals surface area contributed by atoms with Crippen molar-refractivity contribution in [2.24, 2.45) is 0 Å². The van der Waals surface area contributed by atoms with Crippen LogP contribution in [0.4, 0.5) is 0 Å². The van der Waals surface area contributed by atoms with Gasteiger partial charge in [0, 0.05) is 21.5 Å². The molecule has 6 heteroatoms. The lowest BCUT2D eigenvalue weighted by atomic mass is 9.97. The Morgan fingerprint density at radius 3 is 1.79 bits per heavy atom. The minimum absolute atomic E-state index is 0.184. The Balaban J connectivity index is 2.11. The summed E-state index contributed by atoms with van der Waals surface area (Å²) in [5.74, 6) is 0.358. The minimum atomic E-state index is -0.423. The van der Waals surface area contributed by atoms with Gasteiger partial charge in [-0.05, 0) is 38.3 Å². The van der Waals surface area contributed by atoms with E-state index in [1.165, 1.54) is 5.56 Å². The van der Waals surface area contributed by atoms with Crippen LogP contribution >= 0.6 is 0 Å². The molecule has 0 aliphatic heterocycles. The number of aryl methyl sites for hydroxylation is 1. The van der Waals surface area contributed by atoms with E-state index in [1.807, 2.05) is 30.3 Å². The number of fused-ring (bicyclic) bond motifs is 2. The molecular weight excluding hydrogens is 420 g/mol. The monoisotopic (exact) mass is 452 g/mol. The Morgan fingerprint density at radius 2 is 1.24 bits per heavy atom. The number of unbranched alkanes of at least 4 members (excludes halogenated alkanes) is 2. The fraction of sp³-hybridized carbons (Fsp3) is 0.407. The Bertz CT molecular complexity index is 1100. The lowest BCUT2D eigenvalue weighted by Gasteiger charge is -2.18. The highest BCUT2D eigenvalue weighted by atomic mass is 16.6. The summed E-state index contributed by atoms with van der Waals surface area (Å²) in [5, 5.41) is 3.26. The van der Waals surface area contributed by atoms with Crippen LogP contribution in [0.5, 0.6) is 11.5 Å². The van der Waals surface area contributed by atoms with E-state index in [0.717, 1.165) is 47.2 Å². The van der Waals surface area contributed by atoms with Gasteiger partial charge >= 0.3 is 11.9 Å². The Hall–Kier alpha value is -3.28. The number of carbonyl (C=O) groups excluding carboxylic acids is 2. The fourth-order valence-electron chi connectivity index (χ4n) is 3.86. The van der Waals surface area contributed by atoms with Gasteiger partial charge in [-0.3, -0.25) is 0 Å². The first-order valence-electron chi connectivity index (χ1n) is 11.6. The molecule has 0 unspecified atom stereocenters. The molecule has 3 rings (SSSR count). The van der Waals surface area contributed by atoms with Gasteiger partial charge in [-0.15, -0.1) is 0 Å². The molecule has 0 spiro atoms. The second-order valence-electron chi connectivity index (χ2n) is 7.73. The molecule has 0 fully saturated rings. The van der Waals surface area contributed by atoms with Crippen LogP contribution in [0.2, 0.25) is 0 Å². The molecule has 0 aliphatic carbocycles. The summed E-state index contributed by atoms with van der Waals surface area (Å²) in [6.45, 7) is 5.93. The molecule has 3 aromatic carbocycles. The fourth-order valence-corrected chi connectivity index (χ4v) is 3.86. The second-order valence-corrected chi connectivity index (χ2v) is 7.73. The van der Waals surface area contributed by atoms with Crippen molar-refractivity contribution < 1.29 is 28.5 Å². The van der Waals surface area contributed by atoms with Crippen LogP contribution in [0.1, 0.15) is 45.6 Å². The van der Waals surface area contributed by atoms with Crippen LogP contribution in [0.15, 0.2) is 42.5 Å². The number of esters is 2. The molecule has 33 heavy (non-hydrogen) atoms. The average Bonchev–Trinajstić information content (AvgIpc) is 2.81. The van der Waals surface area contributed by atoms with E-state index in [2.05, 4.69) is 19.1 Å². The summed E-state index contributed by atoms with van der Waals surface area (Å²) in [5.41, 5.74) is 1.18. The van der Waals surface area contributed by atoms with Gasteiger partial charge in [0.25, 0.3) is 0 Å². The molecule has 0 saturated carbocycles. The van der Waals surface area contributed by atoms with Crippen LogP contribution in [-0.4, -0.2) is 38.4 Å². The number of hydrogen-bond acceptors (Lipinski definition) is 6. The van der Waals surface area contributed by atoms with Crippen LogP contribution in [0, 0.1) is 0 Å². The second kappa shape index (κ2) is 12.1. The molecule has 0 heterocycles. The number of ether oxygens (including phenoxy) is 4. The third-order valence-electron chi connectivity index (χ3n) is 5.34. The summed E-state index contributed by atoms with van der Waals surface area (Å²) in [4.78, 5) is 24.0. The van der Waals surface area contributed by atoms with Gasteiger partial charge in [-0.2, -0.15) is 0 Å². The number of rotatable bonds is 12. The molecule has 176 valence electrons. The Labute approximate surface area is 194 Å². The van der Waals surface area contributed by atoms with Crippen molar-refractivity contribution >= 4 is 33.5 Å². The third-order valence-corrected chi connectivity index (χ3v) is 5.34. The largest absolute Gasteiger partial charge is 0.481 e. The molecule has 0 radical (unpaired) electrons. The molecule has 0 N–H and O–H groups in total.